The predicted octanol–water partition coefficient (Wildman–Crippen LogP) is 1.78. The number of nitrogens with zero attached hydrogens (tertiary/aromatic N) is 3. The van der Waals surface area contributed by atoms with E-state index in [0.29, 0.717) is 0 Å². The first-order valence-electron chi connectivity index (χ1n) is 7.12. The van der Waals surface area contributed by atoms with E-state index < -0.39 is 0 Å². The summed E-state index contributed by atoms with van der Waals surface area (Å²) in [6, 6.07) is 8.50. The summed E-state index contributed by atoms with van der Waals surface area (Å²) >= 11 is 0. The van der Waals surface area contributed by atoms with Crippen molar-refractivity contribution < 1.29 is 0 Å². The van der Waals surface area contributed by atoms with Crippen molar-refractivity contribution in [2.45, 2.75) is 13.0 Å². The number of hydrogen-bond acceptors (Lipinski definition) is 4. The number of nitrogens with one attached hydrogen (secondary N) is 1. The second-order valence-corrected chi connectivity index (χ2v) is 5.18. The van der Waals surface area contributed by atoms with Gasteiger partial charge in [-0.2, -0.15) is 0 Å². The van der Waals surface area contributed by atoms with Crippen LogP contribution in [0.25, 0.3) is 0 Å². The average Bonchev–Trinajstić information content (AvgIpc) is 2.52. The van der Waals surface area contributed by atoms with Gasteiger partial charge in [0.2, 0.25) is 0 Å². The van der Waals surface area contributed by atoms with Crippen molar-refractivity contribution in [2.24, 2.45) is 0 Å². The third kappa shape index (κ3) is 2.71. The molecule has 0 aliphatic carbocycles. The van der Waals surface area contributed by atoms with Gasteiger partial charge in [0.05, 0.1) is 11.7 Å². The first-order chi connectivity index (χ1) is 9.86. The van der Waals surface area contributed by atoms with Crippen molar-refractivity contribution in [3.05, 3.63) is 59.7 Å². The highest BCUT2D eigenvalue weighted by atomic mass is 15.2. The van der Waals surface area contributed by atoms with E-state index in [9.17, 15) is 0 Å². The molecular weight excluding hydrogens is 248 g/mol. The lowest BCUT2D eigenvalue weighted by atomic mass is 9.98. The minimum absolute atomic E-state index is 0.223. The van der Waals surface area contributed by atoms with Crippen LogP contribution in [0, 0.1) is 6.92 Å². The highest BCUT2D eigenvalue weighted by Crippen LogP contribution is 2.29. The number of hydrogen-bond donors (Lipinski definition) is 1. The summed E-state index contributed by atoms with van der Waals surface area (Å²) in [7, 11) is 0. The van der Waals surface area contributed by atoms with Crippen molar-refractivity contribution >= 4 is 0 Å². The van der Waals surface area contributed by atoms with Crippen LogP contribution in [0.5, 0.6) is 0 Å². The lowest BCUT2D eigenvalue weighted by molar-refractivity contribution is 0.195. The molecule has 1 aliphatic rings. The van der Waals surface area contributed by atoms with E-state index in [0.717, 1.165) is 31.9 Å². The summed E-state index contributed by atoms with van der Waals surface area (Å²) in [5, 5.41) is 3.41. The van der Waals surface area contributed by atoms with Gasteiger partial charge < -0.3 is 5.32 Å². The Labute approximate surface area is 119 Å². The molecule has 1 N–H and O–H groups in total. The predicted molar refractivity (Wildman–Crippen MR) is 79.5 cm³/mol. The lowest BCUT2D eigenvalue weighted by Gasteiger charge is -2.35. The number of piperazine rings is 1. The summed E-state index contributed by atoms with van der Waals surface area (Å²) in [4.78, 5) is 11.3. The van der Waals surface area contributed by atoms with Gasteiger partial charge in [-0.3, -0.25) is 14.9 Å². The van der Waals surface area contributed by atoms with E-state index in [1.807, 2.05) is 24.7 Å². The monoisotopic (exact) mass is 268 g/mol. The van der Waals surface area contributed by atoms with Crippen LogP contribution in [0.3, 0.4) is 0 Å². The molecule has 0 radical (unpaired) electrons. The Hall–Kier alpha value is -1.78. The largest absolute Gasteiger partial charge is 0.314 e. The normalized spacial score (nSPS) is 17.9. The first-order valence-corrected chi connectivity index (χ1v) is 7.12. The molecule has 1 atom stereocenters. The van der Waals surface area contributed by atoms with Gasteiger partial charge in [0.15, 0.2) is 0 Å². The first kappa shape index (κ1) is 13.2. The fourth-order valence-corrected chi connectivity index (χ4v) is 2.81. The third-order valence-corrected chi connectivity index (χ3v) is 3.84. The molecule has 4 nitrogen and oxygen atoms in total. The molecule has 1 unspecified atom stereocenters. The van der Waals surface area contributed by atoms with E-state index in [1.165, 1.54) is 11.1 Å². The smallest absolute Gasteiger partial charge is 0.0780 e. The lowest BCUT2D eigenvalue weighted by Crippen LogP contribution is -2.45. The van der Waals surface area contributed by atoms with Gasteiger partial charge in [0.1, 0.15) is 0 Å². The Morgan fingerprint density at radius 3 is 2.70 bits per heavy atom. The molecule has 2 aromatic heterocycles. The Kier molecular flexibility index (Phi) is 4.04. The Morgan fingerprint density at radius 2 is 2.00 bits per heavy atom. The third-order valence-electron chi connectivity index (χ3n) is 3.84. The molecule has 0 spiro atoms. The van der Waals surface area contributed by atoms with E-state index >= 15 is 0 Å². The Balaban J connectivity index is 2.01. The molecule has 2 aromatic rings. The average molecular weight is 268 g/mol. The molecule has 3 heterocycles. The molecule has 1 aliphatic heterocycles. The van der Waals surface area contributed by atoms with E-state index in [2.05, 4.69) is 45.3 Å². The minimum atomic E-state index is 0.223. The van der Waals surface area contributed by atoms with Crippen LogP contribution < -0.4 is 5.32 Å². The topological polar surface area (TPSA) is 41.1 Å². The number of rotatable bonds is 3. The van der Waals surface area contributed by atoms with Crippen molar-refractivity contribution in [3.63, 3.8) is 0 Å². The second-order valence-electron chi connectivity index (χ2n) is 5.18. The van der Waals surface area contributed by atoms with Crippen LogP contribution >= 0.6 is 0 Å². The van der Waals surface area contributed by atoms with Crippen LogP contribution in [-0.2, 0) is 0 Å². The maximum absolute atomic E-state index is 4.59. The summed E-state index contributed by atoms with van der Waals surface area (Å²) < 4.78 is 0. The van der Waals surface area contributed by atoms with Crippen molar-refractivity contribution in [3.8, 4) is 0 Å². The van der Waals surface area contributed by atoms with E-state index in [4.69, 9.17) is 0 Å². The van der Waals surface area contributed by atoms with Gasteiger partial charge >= 0.3 is 0 Å². The van der Waals surface area contributed by atoms with Gasteiger partial charge in [0, 0.05) is 44.8 Å². The summed E-state index contributed by atoms with van der Waals surface area (Å²) in [6.45, 7) is 6.29. The van der Waals surface area contributed by atoms with Gasteiger partial charge in [-0.15, -0.1) is 0 Å². The van der Waals surface area contributed by atoms with Crippen LogP contribution in [-0.4, -0.2) is 41.0 Å². The van der Waals surface area contributed by atoms with Crippen molar-refractivity contribution in [2.75, 3.05) is 26.2 Å². The van der Waals surface area contributed by atoms with Crippen LogP contribution in [0.1, 0.15) is 22.9 Å². The van der Waals surface area contributed by atoms with Crippen LogP contribution in [0.2, 0.25) is 0 Å². The molecular formula is C16H20N4. The number of aromatic nitrogens is 2. The number of pyridine rings is 2. The van der Waals surface area contributed by atoms with Gasteiger partial charge in [0.25, 0.3) is 0 Å². The zero-order valence-electron chi connectivity index (χ0n) is 11.8. The zero-order chi connectivity index (χ0) is 13.8. The second kappa shape index (κ2) is 6.11. The molecule has 0 amide bonds. The van der Waals surface area contributed by atoms with Gasteiger partial charge in [-0.1, -0.05) is 6.07 Å². The zero-order valence-corrected chi connectivity index (χ0v) is 11.8. The Morgan fingerprint density at radius 1 is 1.15 bits per heavy atom. The maximum atomic E-state index is 4.59. The molecule has 0 saturated carbocycles. The molecule has 4 heteroatoms. The number of aryl methyl sites for hydroxylation is 1. The molecule has 20 heavy (non-hydrogen) atoms. The Bertz CT molecular complexity index is 549. The summed E-state index contributed by atoms with van der Waals surface area (Å²) in [5.74, 6) is 0. The quantitative estimate of drug-likeness (QED) is 0.921. The standard InChI is InChI=1S/C16H20N4/c1-13-12-18-7-5-14(13)16(15-4-2-3-6-19-15)20-10-8-17-9-11-20/h2-7,12,16-17H,8-11H2,1H3. The van der Waals surface area contributed by atoms with Crippen LogP contribution in [0.15, 0.2) is 42.9 Å². The van der Waals surface area contributed by atoms with Gasteiger partial charge in [-0.05, 0) is 36.2 Å². The summed E-state index contributed by atoms with van der Waals surface area (Å²) in [5.41, 5.74) is 3.64. The highest BCUT2D eigenvalue weighted by molar-refractivity contribution is 5.32. The van der Waals surface area contributed by atoms with Gasteiger partial charge in [-0.25, -0.2) is 0 Å². The fraction of sp³-hybridized carbons (Fsp3) is 0.375. The van der Waals surface area contributed by atoms with E-state index in [1.54, 1.807) is 0 Å². The molecule has 1 saturated heterocycles. The van der Waals surface area contributed by atoms with Crippen molar-refractivity contribution in [1.82, 2.24) is 20.2 Å². The molecule has 104 valence electrons. The fourth-order valence-electron chi connectivity index (χ4n) is 2.81. The van der Waals surface area contributed by atoms with Crippen LogP contribution in [0.4, 0.5) is 0 Å². The molecule has 3 rings (SSSR count). The molecule has 0 aromatic carbocycles. The van der Waals surface area contributed by atoms with Crippen molar-refractivity contribution in [1.29, 1.82) is 0 Å². The maximum Gasteiger partial charge on any atom is 0.0780 e. The van der Waals surface area contributed by atoms with E-state index in [-0.39, 0.29) is 6.04 Å². The SMILES string of the molecule is Cc1cnccc1C(c1ccccn1)N1CCNCC1. The molecule has 1 fully saturated rings. The minimum Gasteiger partial charge on any atom is -0.314 e. The highest BCUT2D eigenvalue weighted by Gasteiger charge is 2.25. The summed E-state index contributed by atoms with van der Waals surface area (Å²) in [6.07, 6.45) is 5.69. The molecule has 0 bridgehead atoms.